The number of carbonyl (C=O) groups excluding carboxylic acids is 1. The van der Waals surface area contributed by atoms with E-state index in [0.717, 1.165) is 29.7 Å². The van der Waals surface area contributed by atoms with Gasteiger partial charge in [-0.05, 0) is 36.1 Å². The Labute approximate surface area is 159 Å². The molecule has 1 fully saturated rings. The highest BCUT2D eigenvalue weighted by molar-refractivity contribution is 6.32. The molecule has 2 aromatic rings. The molecule has 0 unspecified atom stereocenters. The van der Waals surface area contributed by atoms with Crippen LogP contribution in [0.4, 0.5) is 16.4 Å². The van der Waals surface area contributed by atoms with Gasteiger partial charge in [0.2, 0.25) is 5.95 Å². The second-order valence-corrected chi connectivity index (χ2v) is 6.63. The van der Waals surface area contributed by atoms with E-state index in [9.17, 15) is 4.79 Å². The molecule has 138 valence electrons. The van der Waals surface area contributed by atoms with Gasteiger partial charge >= 0.3 is 6.03 Å². The Morgan fingerprint density at radius 1 is 1.12 bits per heavy atom. The number of benzene rings is 1. The number of aromatic nitrogens is 2. The molecule has 0 bridgehead atoms. The molecule has 0 spiro atoms. The van der Waals surface area contributed by atoms with Gasteiger partial charge in [0.25, 0.3) is 0 Å². The number of halogens is 1. The van der Waals surface area contributed by atoms with Gasteiger partial charge in [-0.25, -0.2) is 14.8 Å². The Morgan fingerprint density at radius 3 is 2.42 bits per heavy atom. The average molecular weight is 374 g/mol. The highest BCUT2D eigenvalue weighted by Crippen LogP contribution is 2.29. The van der Waals surface area contributed by atoms with Crippen LogP contribution in [0, 0.1) is 0 Å². The summed E-state index contributed by atoms with van der Waals surface area (Å²) in [6.07, 6.45) is 5.10. The summed E-state index contributed by atoms with van der Waals surface area (Å²) in [5, 5.41) is 3.80. The summed E-state index contributed by atoms with van der Waals surface area (Å²) in [5.41, 5.74) is 2.97. The van der Waals surface area contributed by atoms with Crippen molar-refractivity contribution in [3.05, 3.63) is 46.7 Å². The molecular formula is C19H24ClN5O. The van der Waals surface area contributed by atoms with E-state index in [1.54, 1.807) is 18.5 Å². The summed E-state index contributed by atoms with van der Waals surface area (Å²) in [6.45, 7) is 6.83. The van der Waals surface area contributed by atoms with Crippen molar-refractivity contribution < 1.29 is 4.79 Å². The standard InChI is InChI=1S/C19H24ClN5O/c1-3-14-6-7-16(20)15(4-2)17(14)23-19(26)25-12-10-24(11-13-25)18-21-8-5-9-22-18/h5-9H,3-4,10-13H2,1-2H3,(H,23,26). The van der Waals surface area contributed by atoms with Crippen LogP contribution in [0.25, 0.3) is 0 Å². The van der Waals surface area contributed by atoms with Gasteiger partial charge in [-0.1, -0.05) is 31.5 Å². The number of urea groups is 1. The van der Waals surface area contributed by atoms with Crippen molar-refractivity contribution in [2.75, 3.05) is 36.4 Å². The van der Waals surface area contributed by atoms with E-state index in [1.165, 1.54) is 0 Å². The maximum Gasteiger partial charge on any atom is 0.321 e. The second-order valence-electron chi connectivity index (χ2n) is 6.22. The number of nitrogens with zero attached hydrogens (tertiary/aromatic N) is 4. The van der Waals surface area contributed by atoms with Gasteiger partial charge in [-0.15, -0.1) is 0 Å². The van der Waals surface area contributed by atoms with E-state index in [4.69, 9.17) is 11.6 Å². The molecule has 1 aliphatic rings. The lowest BCUT2D eigenvalue weighted by Crippen LogP contribution is -2.50. The van der Waals surface area contributed by atoms with Gasteiger partial charge in [0.1, 0.15) is 0 Å². The third-order valence-electron chi connectivity index (χ3n) is 4.71. The van der Waals surface area contributed by atoms with Gasteiger partial charge in [0.05, 0.1) is 5.69 Å². The monoisotopic (exact) mass is 373 g/mol. The van der Waals surface area contributed by atoms with Crippen LogP contribution in [0.15, 0.2) is 30.6 Å². The SMILES string of the molecule is CCc1ccc(Cl)c(CC)c1NC(=O)N1CCN(c2ncccn2)CC1. The van der Waals surface area contributed by atoms with Crippen LogP contribution in [-0.4, -0.2) is 47.1 Å². The molecule has 0 radical (unpaired) electrons. The number of hydrogen-bond donors (Lipinski definition) is 1. The first-order chi connectivity index (χ1) is 12.6. The average Bonchev–Trinajstić information content (AvgIpc) is 2.69. The molecule has 2 heterocycles. The molecule has 1 N–H and O–H groups in total. The lowest BCUT2D eigenvalue weighted by molar-refractivity contribution is 0.208. The van der Waals surface area contributed by atoms with Gasteiger partial charge in [0, 0.05) is 43.6 Å². The smallest absolute Gasteiger partial charge is 0.321 e. The number of aryl methyl sites for hydroxylation is 1. The minimum absolute atomic E-state index is 0.0784. The quantitative estimate of drug-likeness (QED) is 0.889. The number of piperazine rings is 1. The first-order valence-corrected chi connectivity index (χ1v) is 9.40. The fourth-order valence-electron chi connectivity index (χ4n) is 3.22. The largest absolute Gasteiger partial charge is 0.337 e. The number of amides is 2. The molecule has 6 nitrogen and oxygen atoms in total. The molecule has 0 atom stereocenters. The summed E-state index contributed by atoms with van der Waals surface area (Å²) < 4.78 is 0. The van der Waals surface area contributed by atoms with Crippen LogP contribution in [0.2, 0.25) is 5.02 Å². The minimum Gasteiger partial charge on any atom is -0.337 e. The predicted molar refractivity (Wildman–Crippen MR) is 105 cm³/mol. The normalized spacial score (nSPS) is 14.4. The van der Waals surface area contributed by atoms with Crippen LogP contribution in [-0.2, 0) is 12.8 Å². The molecule has 26 heavy (non-hydrogen) atoms. The van der Waals surface area contributed by atoms with Crippen LogP contribution in [0.3, 0.4) is 0 Å². The van der Waals surface area contributed by atoms with Crippen LogP contribution in [0.1, 0.15) is 25.0 Å². The van der Waals surface area contributed by atoms with E-state index in [2.05, 4.69) is 34.0 Å². The zero-order valence-electron chi connectivity index (χ0n) is 15.2. The number of anilines is 2. The zero-order valence-corrected chi connectivity index (χ0v) is 16.0. The molecule has 1 aromatic heterocycles. The number of hydrogen-bond acceptors (Lipinski definition) is 4. The van der Waals surface area contributed by atoms with Gasteiger partial charge in [-0.3, -0.25) is 0 Å². The maximum atomic E-state index is 12.8. The van der Waals surface area contributed by atoms with E-state index >= 15 is 0 Å². The van der Waals surface area contributed by atoms with Crippen molar-refractivity contribution in [3.8, 4) is 0 Å². The van der Waals surface area contributed by atoms with Crippen LogP contribution < -0.4 is 10.2 Å². The Morgan fingerprint density at radius 2 is 1.81 bits per heavy atom. The van der Waals surface area contributed by atoms with Crippen molar-refractivity contribution >= 4 is 29.3 Å². The van der Waals surface area contributed by atoms with Crippen molar-refractivity contribution in [2.24, 2.45) is 0 Å². The number of rotatable bonds is 4. The zero-order chi connectivity index (χ0) is 18.5. The molecule has 7 heteroatoms. The van der Waals surface area contributed by atoms with E-state index in [1.807, 2.05) is 17.0 Å². The van der Waals surface area contributed by atoms with E-state index in [-0.39, 0.29) is 6.03 Å². The van der Waals surface area contributed by atoms with E-state index < -0.39 is 0 Å². The Kier molecular flexibility index (Phi) is 5.93. The Bertz CT molecular complexity index is 760. The maximum absolute atomic E-state index is 12.8. The molecular weight excluding hydrogens is 350 g/mol. The second kappa shape index (κ2) is 8.36. The molecule has 0 aliphatic carbocycles. The topological polar surface area (TPSA) is 61.4 Å². The molecule has 1 saturated heterocycles. The summed E-state index contributed by atoms with van der Waals surface area (Å²) in [7, 11) is 0. The third-order valence-corrected chi connectivity index (χ3v) is 5.06. The molecule has 1 aliphatic heterocycles. The molecule has 2 amide bonds. The van der Waals surface area contributed by atoms with Crippen LogP contribution in [0.5, 0.6) is 0 Å². The van der Waals surface area contributed by atoms with Gasteiger partial charge < -0.3 is 15.1 Å². The summed E-state index contributed by atoms with van der Waals surface area (Å²) >= 11 is 6.33. The van der Waals surface area contributed by atoms with Crippen molar-refractivity contribution in [1.82, 2.24) is 14.9 Å². The van der Waals surface area contributed by atoms with E-state index in [0.29, 0.717) is 37.1 Å². The Balaban J connectivity index is 1.68. The number of nitrogens with one attached hydrogen (secondary N) is 1. The lowest BCUT2D eigenvalue weighted by Gasteiger charge is -2.35. The fourth-order valence-corrected chi connectivity index (χ4v) is 3.51. The molecule has 3 rings (SSSR count). The third kappa shape index (κ3) is 3.90. The first-order valence-electron chi connectivity index (χ1n) is 9.02. The highest BCUT2D eigenvalue weighted by Gasteiger charge is 2.23. The Hall–Kier alpha value is -2.34. The summed E-state index contributed by atoms with van der Waals surface area (Å²) in [6, 6.07) is 5.62. The van der Waals surface area contributed by atoms with Crippen molar-refractivity contribution in [3.63, 3.8) is 0 Å². The summed E-state index contributed by atoms with van der Waals surface area (Å²) in [5.74, 6) is 0.712. The molecule has 0 saturated carbocycles. The van der Waals surface area contributed by atoms with Crippen molar-refractivity contribution in [2.45, 2.75) is 26.7 Å². The molecule has 1 aromatic carbocycles. The van der Waals surface area contributed by atoms with Gasteiger partial charge in [-0.2, -0.15) is 0 Å². The van der Waals surface area contributed by atoms with Crippen LogP contribution >= 0.6 is 11.6 Å². The lowest BCUT2D eigenvalue weighted by atomic mass is 10.0. The highest BCUT2D eigenvalue weighted by atomic mass is 35.5. The van der Waals surface area contributed by atoms with Crippen molar-refractivity contribution in [1.29, 1.82) is 0 Å². The predicted octanol–water partition coefficient (Wildman–Crippen LogP) is 3.61. The number of carbonyl (C=O) groups is 1. The summed E-state index contributed by atoms with van der Waals surface area (Å²) in [4.78, 5) is 25.3. The fraction of sp³-hybridized carbons (Fsp3) is 0.421. The van der Waals surface area contributed by atoms with Gasteiger partial charge in [0.15, 0.2) is 0 Å². The first kappa shape index (κ1) is 18.5. The minimum atomic E-state index is -0.0784.